The average Bonchev–Trinajstić information content (AvgIpc) is 3.51. The highest BCUT2D eigenvalue weighted by Gasteiger charge is 2.35. The van der Waals surface area contributed by atoms with Crippen molar-refractivity contribution in [2.24, 2.45) is 0 Å². The number of hydrogen-bond acceptors (Lipinski definition) is 5. The van der Waals surface area contributed by atoms with Gasteiger partial charge in [-0.2, -0.15) is 0 Å². The Balaban J connectivity index is 1.40. The molecular weight excluding hydrogens is 454 g/mol. The van der Waals surface area contributed by atoms with Gasteiger partial charge in [-0.3, -0.25) is 14.5 Å². The number of piperidine rings is 1. The summed E-state index contributed by atoms with van der Waals surface area (Å²) in [5, 5.41) is 1.03. The average molecular weight is 484 g/mol. The molecule has 4 heterocycles. The Morgan fingerprint density at radius 1 is 1.24 bits per heavy atom. The minimum absolute atomic E-state index is 0.0597. The molecule has 5 rings (SSSR count). The van der Waals surface area contributed by atoms with Crippen molar-refractivity contribution >= 4 is 57.1 Å². The minimum Gasteiger partial charge on any atom is -0.376 e. The Hall–Kier alpha value is -2.16. The molecule has 3 aliphatic rings. The highest BCUT2D eigenvalue weighted by Crippen LogP contribution is 2.35. The van der Waals surface area contributed by atoms with Crippen LogP contribution in [-0.2, 0) is 20.9 Å². The lowest BCUT2D eigenvalue weighted by molar-refractivity contribution is -0.135. The van der Waals surface area contributed by atoms with E-state index in [0.717, 1.165) is 55.3 Å². The second-order valence-electron chi connectivity index (χ2n) is 9.09. The van der Waals surface area contributed by atoms with Gasteiger partial charge in [-0.25, -0.2) is 0 Å². The number of nitrogens with zero attached hydrogens (tertiary/aromatic N) is 3. The third kappa shape index (κ3) is 4.61. The topological polar surface area (TPSA) is 54.8 Å². The summed E-state index contributed by atoms with van der Waals surface area (Å²) in [6.45, 7) is 4.54. The number of carbonyl (C=O) groups is 2. The van der Waals surface area contributed by atoms with Crippen LogP contribution < -0.4 is 0 Å². The zero-order valence-electron chi connectivity index (χ0n) is 18.9. The maximum absolute atomic E-state index is 13.1. The largest absolute Gasteiger partial charge is 0.376 e. The first-order valence-electron chi connectivity index (χ1n) is 11.8. The predicted molar refractivity (Wildman–Crippen MR) is 136 cm³/mol. The van der Waals surface area contributed by atoms with E-state index < -0.39 is 0 Å². The summed E-state index contributed by atoms with van der Waals surface area (Å²) in [7, 11) is 0. The van der Waals surface area contributed by atoms with E-state index in [0.29, 0.717) is 22.3 Å². The fraction of sp³-hybridized carbons (Fsp3) is 0.480. The van der Waals surface area contributed by atoms with Crippen LogP contribution in [0.3, 0.4) is 0 Å². The Labute approximate surface area is 203 Å². The van der Waals surface area contributed by atoms with Crippen LogP contribution in [-0.4, -0.2) is 62.3 Å². The first-order chi connectivity index (χ1) is 16.0. The van der Waals surface area contributed by atoms with Gasteiger partial charge in [0.25, 0.3) is 5.91 Å². The van der Waals surface area contributed by atoms with Crippen molar-refractivity contribution in [3.8, 4) is 0 Å². The van der Waals surface area contributed by atoms with Gasteiger partial charge in [0.1, 0.15) is 10.9 Å². The van der Waals surface area contributed by atoms with E-state index in [9.17, 15) is 9.59 Å². The van der Waals surface area contributed by atoms with E-state index in [4.69, 9.17) is 17.0 Å². The van der Waals surface area contributed by atoms with Crippen LogP contribution in [0, 0.1) is 0 Å². The van der Waals surface area contributed by atoms with E-state index in [1.807, 2.05) is 46.0 Å². The summed E-state index contributed by atoms with van der Waals surface area (Å²) in [5.41, 5.74) is 1.93. The van der Waals surface area contributed by atoms with Gasteiger partial charge in [0.15, 0.2) is 0 Å². The van der Waals surface area contributed by atoms with Crippen molar-refractivity contribution in [1.29, 1.82) is 0 Å². The van der Waals surface area contributed by atoms with Gasteiger partial charge in [-0.05, 0) is 51.2 Å². The molecule has 2 aromatic rings. The molecular formula is C25H29N3O3S2. The fourth-order valence-electron chi connectivity index (χ4n) is 5.02. The molecule has 0 unspecified atom stereocenters. The molecule has 2 atom stereocenters. The molecule has 0 N–H and O–H groups in total. The molecule has 2 amide bonds. The van der Waals surface area contributed by atoms with Crippen molar-refractivity contribution in [3.05, 3.63) is 40.9 Å². The smallest absolute Gasteiger partial charge is 0.266 e. The van der Waals surface area contributed by atoms with Gasteiger partial charge in [-0.15, -0.1) is 0 Å². The summed E-state index contributed by atoms with van der Waals surface area (Å²) < 4.78 is 8.29. The van der Waals surface area contributed by atoms with E-state index in [1.54, 1.807) is 4.90 Å². The van der Waals surface area contributed by atoms with E-state index in [2.05, 4.69) is 6.92 Å². The quantitative estimate of drug-likeness (QED) is 0.465. The number of thiocarbonyl (C=S) groups is 1. The van der Waals surface area contributed by atoms with Gasteiger partial charge in [0, 0.05) is 41.9 Å². The van der Waals surface area contributed by atoms with E-state index >= 15 is 0 Å². The lowest BCUT2D eigenvalue weighted by atomic mass is 10.0. The second kappa shape index (κ2) is 9.60. The molecule has 0 radical (unpaired) electrons. The van der Waals surface area contributed by atoms with Gasteiger partial charge in [0.2, 0.25) is 5.91 Å². The number of aromatic nitrogens is 1. The summed E-state index contributed by atoms with van der Waals surface area (Å²) in [6.07, 6.45) is 9.30. The third-order valence-electron chi connectivity index (χ3n) is 6.82. The van der Waals surface area contributed by atoms with Crippen LogP contribution in [0.1, 0.15) is 44.6 Å². The standard InChI is InChI=1S/C25H29N3O3S2/c1-17-7-4-5-11-27(17)23(29)16-26-14-18(20-9-2-3-10-21(20)26)13-22-24(30)28(25(32)33-22)15-19-8-6-12-31-19/h2-3,9-10,13-14,17,19H,4-8,11-12,15-16H2,1H3/b22-13-/t17-,19-/m0/s1. The molecule has 174 valence electrons. The molecule has 0 bridgehead atoms. The van der Waals surface area contributed by atoms with Crippen LogP contribution >= 0.6 is 24.0 Å². The second-order valence-corrected chi connectivity index (χ2v) is 10.8. The summed E-state index contributed by atoms with van der Waals surface area (Å²) in [4.78, 5) is 30.5. The third-order valence-corrected chi connectivity index (χ3v) is 8.20. The number of rotatable bonds is 5. The van der Waals surface area contributed by atoms with Gasteiger partial charge in [0.05, 0.1) is 17.6 Å². The molecule has 0 aliphatic carbocycles. The van der Waals surface area contributed by atoms with Crippen LogP contribution in [0.2, 0.25) is 0 Å². The number of hydrogen-bond donors (Lipinski definition) is 0. The fourth-order valence-corrected chi connectivity index (χ4v) is 6.28. The molecule has 3 aliphatic heterocycles. The molecule has 1 aromatic carbocycles. The molecule has 0 spiro atoms. The Morgan fingerprint density at radius 3 is 2.88 bits per heavy atom. The number of carbonyl (C=O) groups excluding carboxylic acids is 2. The number of fused-ring (bicyclic) bond motifs is 1. The summed E-state index contributed by atoms with van der Waals surface area (Å²) in [5.74, 6) is 0.0907. The van der Waals surface area contributed by atoms with Gasteiger partial charge >= 0.3 is 0 Å². The lowest BCUT2D eigenvalue weighted by Crippen LogP contribution is -2.43. The van der Waals surface area contributed by atoms with Gasteiger partial charge in [-0.1, -0.05) is 42.2 Å². The van der Waals surface area contributed by atoms with Crippen LogP contribution in [0.25, 0.3) is 17.0 Å². The molecule has 1 aromatic heterocycles. The van der Waals surface area contributed by atoms with Crippen molar-refractivity contribution in [1.82, 2.24) is 14.4 Å². The van der Waals surface area contributed by atoms with Crippen molar-refractivity contribution in [2.45, 2.75) is 57.7 Å². The number of para-hydroxylation sites is 1. The molecule has 8 heteroatoms. The SMILES string of the molecule is C[C@H]1CCCCN1C(=O)Cn1cc(/C=C2\SC(=S)N(C[C@@H]3CCCO3)C2=O)c2ccccc21. The normalized spacial score (nSPS) is 25.1. The number of amides is 2. The number of benzene rings is 1. The number of likely N-dealkylation sites (tertiary alicyclic amines) is 1. The van der Waals surface area contributed by atoms with Crippen LogP contribution in [0.4, 0.5) is 0 Å². The Morgan fingerprint density at radius 2 is 2.09 bits per heavy atom. The zero-order valence-corrected chi connectivity index (χ0v) is 20.5. The summed E-state index contributed by atoms with van der Waals surface area (Å²) in [6, 6.07) is 8.33. The lowest BCUT2D eigenvalue weighted by Gasteiger charge is -2.33. The molecule has 3 fully saturated rings. The van der Waals surface area contributed by atoms with Crippen molar-refractivity contribution < 1.29 is 14.3 Å². The molecule has 0 saturated carbocycles. The minimum atomic E-state index is -0.0597. The van der Waals surface area contributed by atoms with Crippen molar-refractivity contribution in [3.63, 3.8) is 0 Å². The zero-order chi connectivity index (χ0) is 22.9. The number of thioether (sulfide) groups is 1. The molecule has 33 heavy (non-hydrogen) atoms. The Kier molecular flexibility index (Phi) is 6.58. The maximum Gasteiger partial charge on any atom is 0.266 e. The monoisotopic (exact) mass is 483 g/mol. The molecule has 6 nitrogen and oxygen atoms in total. The van der Waals surface area contributed by atoms with E-state index in [1.165, 1.54) is 18.2 Å². The highest BCUT2D eigenvalue weighted by molar-refractivity contribution is 8.26. The predicted octanol–water partition coefficient (Wildman–Crippen LogP) is 4.42. The van der Waals surface area contributed by atoms with Gasteiger partial charge < -0.3 is 14.2 Å². The van der Waals surface area contributed by atoms with Crippen LogP contribution in [0.15, 0.2) is 35.4 Å². The first kappa shape index (κ1) is 22.6. The summed E-state index contributed by atoms with van der Waals surface area (Å²) >= 11 is 6.85. The first-order valence-corrected chi connectivity index (χ1v) is 13.0. The number of ether oxygens (including phenoxy) is 1. The van der Waals surface area contributed by atoms with E-state index in [-0.39, 0.29) is 24.0 Å². The highest BCUT2D eigenvalue weighted by atomic mass is 32.2. The van der Waals surface area contributed by atoms with Crippen molar-refractivity contribution in [2.75, 3.05) is 19.7 Å². The molecule has 3 saturated heterocycles. The van der Waals surface area contributed by atoms with Crippen LogP contribution in [0.5, 0.6) is 0 Å². The Bertz CT molecular complexity index is 1120. The maximum atomic E-state index is 13.1.